The Morgan fingerprint density at radius 1 is 1.02 bits per heavy atom. The Morgan fingerprint density at radius 3 is 2.29 bits per heavy atom. The summed E-state index contributed by atoms with van der Waals surface area (Å²) in [4.78, 5) is 48.4. The quantitative estimate of drug-likeness (QED) is 0.470. The van der Waals surface area contributed by atoms with Crippen LogP contribution < -0.4 is 15.5 Å². The van der Waals surface area contributed by atoms with Gasteiger partial charge in [0.2, 0.25) is 0 Å². The number of aromatic nitrogens is 3. The lowest BCUT2D eigenvalue weighted by Crippen LogP contribution is -2.48. The van der Waals surface area contributed by atoms with Crippen LogP contribution in [0.5, 0.6) is 0 Å². The van der Waals surface area contributed by atoms with Gasteiger partial charge in [-0.05, 0) is 87.0 Å². The first-order valence-corrected chi connectivity index (χ1v) is 15.1. The van der Waals surface area contributed by atoms with E-state index >= 15 is 0 Å². The number of anilines is 2. The molecular formula is C29H43N7O5S. The molecule has 2 aliphatic rings. The number of nitrogens with one attached hydrogen (secondary N) is 2. The summed E-state index contributed by atoms with van der Waals surface area (Å²) in [6.45, 7) is 14.3. The molecule has 42 heavy (non-hydrogen) atoms. The van der Waals surface area contributed by atoms with E-state index in [0.29, 0.717) is 25.0 Å². The van der Waals surface area contributed by atoms with Crippen molar-refractivity contribution in [2.75, 3.05) is 30.4 Å². The Labute approximate surface area is 251 Å². The Kier molecular flexibility index (Phi) is 9.02. The number of rotatable bonds is 5. The lowest BCUT2D eigenvalue weighted by atomic mass is 9.92. The maximum absolute atomic E-state index is 13.7. The second-order valence-electron chi connectivity index (χ2n) is 13.1. The Bertz CT molecular complexity index is 1360. The van der Waals surface area contributed by atoms with E-state index in [9.17, 15) is 14.4 Å². The zero-order valence-electron chi connectivity index (χ0n) is 26.0. The van der Waals surface area contributed by atoms with Crippen molar-refractivity contribution < 1.29 is 23.9 Å². The van der Waals surface area contributed by atoms with Crippen LogP contribution in [0.1, 0.15) is 95.4 Å². The minimum Gasteiger partial charge on any atom is -0.444 e. The van der Waals surface area contributed by atoms with Crippen molar-refractivity contribution in [2.45, 2.75) is 90.9 Å². The maximum atomic E-state index is 13.7. The van der Waals surface area contributed by atoms with E-state index in [4.69, 9.17) is 9.47 Å². The highest BCUT2D eigenvalue weighted by atomic mass is 32.1. The molecule has 1 unspecified atom stereocenters. The molecule has 1 fully saturated rings. The molecule has 2 aromatic heterocycles. The number of fused-ring (bicyclic) bond motifs is 1. The first-order valence-electron chi connectivity index (χ1n) is 14.3. The number of hydrogen-bond acceptors (Lipinski definition) is 9. The van der Waals surface area contributed by atoms with Gasteiger partial charge in [-0.15, -0.1) is 0 Å². The molecule has 1 aliphatic heterocycles. The molecule has 1 saturated heterocycles. The molecular weight excluding hydrogens is 558 g/mol. The zero-order chi connectivity index (χ0) is 31.0. The van der Waals surface area contributed by atoms with E-state index in [1.807, 2.05) is 26.4 Å². The van der Waals surface area contributed by atoms with Crippen LogP contribution in [0.2, 0.25) is 0 Å². The molecule has 0 spiro atoms. The van der Waals surface area contributed by atoms with Crippen LogP contribution in [0, 0.1) is 0 Å². The van der Waals surface area contributed by atoms with Gasteiger partial charge in [0.15, 0.2) is 10.8 Å². The standard InChI is InChI=1S/C29H43N7O5S/c1-17-14-19(15-18-16-35(9)33-21(17)18)30-23(37)22-24(32-26(38)40-28(2,3)4)42-25(31-22)36(27(39)41-29(5,6)7)20-10-12-34(8)13-11-20/h15-17,20H,10-14H2,1-9H3,(H,30,37)(H,32,38). The van der Waals surface area contributed by atoms with Crippen molar-refractivity contribution in [1.82, 2.24) is 25.0 Å². The van der Waals surface area contributed by atoms with Crippen molar-refractivity contribution in [3.8, 4) is 0 Å². The van der Waals surface area contributed by atoms with Crippen molar-refractivity contribution in [3.63, 3.8) is 0 Å². The number of ether oxygens (including phenoxy) is 2. The molecule has 12 nitrogen and oxygen atoms in total. The maximum Gasteiger partial charge on any atom is 0.416 e. The third-order valence-corrected chi connectivity index (χ3v) is 7.75. The molecule has 2 N–H and O–H groups in total. The molecule has 0 aromatic carbocycles. The Morgan fingerprint density at radius 2 is 1.67 bits per heavy atom. The van der Waals surface area contributed by atoms with Crippen LogP contribution >= 0.6 is 11.3 Å². The van der Waals surface area contributed by atoms with Crippen molar-refractivity contribution in [2.24, 2.45) is 7.05 Å². The molecule has 13 heteroatoms. The van der Waals surface area contributed by atoms with Crippen LogP contribution in [0.4, 0.5) is 19.7 Å². The highest BCUT2D eigenvalue weighted by molar-refractivity contribution is 7.20. The second-order valence-corrected chi connectivity index (χ2v) is 14.0. The number of aryl methyl sites for hydroxylation is 1. The average molecular weight is 602 g/mol. The van der Waals surface area contributed by atoms with E-state index in [2.05, 4.69) is 32.5 Å². The molecule has 3 heterocycles. The summed E-state index contributed by atoms with van der Waals surface area (Å²) in [5.74, 6) is -0.388. The third kappa shape index (κ3) is 7.88. The number of thiazole rings is 1. The van der Waals surface area contributed by atoms with Gasteiger partial charge in [0, 0.05) is 36.5 Å². The number of carbonyl (C=O) groups excluding carboxylic acids is 3. The number of carbonyl (C=O) groups is 3. The lowest BCUT2D eigenvalue weighted by Gasteiger charge is -2.36. The van der Waals surface area contributed by atoms with Crippen molar-refractivity contribution in [1.29, 1.82) is 0 Å². The van der Waals surface area contributed by atoms with Crippen LogP contribution in [0.3, 0.4) is 0 Å². The summed E-state index contributed by atoms with van der Waals surface area (Å²) in [7, 11) is 3.90. The third-order valence-electron chi connectivity index (χ3n) is 6.78. The molecule has 4 rings (SSSR count). The summed E-state index contributed by atoms with van der Waals surface area (Å²) in [5.41, 5.74) is 1.14. The smallest absolute Gasteiger partial charge is 0.416 e. The van der Waals surface area contributed by atoms with Gasteiger partial charge in [0.05, 0.1) is 5.69 Å². The normalized spacial score (nSPS) is 18.1. The van der Waals surface area contributed by atoms with E-state index in [0.717, 1.165) is 35.7 Å². The Balaban J connectivity index is 1.69. The van der Waals surface area contributed by atoms with Gasteiger partial charge in [-0.3, -0.25) is 14.8 Å². The van der Waals surface area contributed by atoms with Crippen molar-refractivity contribution >= 4 is 45.6 Å². The van der Waals surface area contributed by atoms with Gasteiger partial charge < -0.3 is 19.7 Å². The van der Waals surface area contributed by atoms with E-state index in [1.165, 1.54) is 4.90 Å². The molecule has 3 amide bonds. The van der Waals surface area contributed by atoms with Gasteiger partial charge in [-0.2, -0.15) is 5.10 Å². The minimum atomic E-state index is -0.749. The molecule has 1 atom stereocenters. The van der Waals surface area contributed by atoms with Crippen LogP contribution in [-0.2, 0) is 16.5 Å². The van der Waals surface area contributed by atoms with E-state index < -0.39 is 29.3 Å². The number of amides is 3. The summed E-state index contributed by atoms with van der Waals surface area (Å²) < 4.78 is 13.0. The fourth-order valence-corrected chi connectivity index (χ4v) is 5.99. The fourth-order valence-electron chi connectivity index (χ4n) is 4.98. The predicted octanol–water partition coefficient (Wildman–Crippen LogP) is 5.34. The predicted molar refractivity (Wildman–Crippen MR) is 163 cm³/mol. The van der Waals surface area contributed by atoms with E-state index in [1.54, 1.807) is 46.2 Å². The molecule has 2 aromatic rings. The largest absolute Gasteiger partial charge is 0.444 e. The number of likely N-dealkylation sites (tertiary alicyclic amines) is 1. The molecule has 0 bridgehead atoms. The summed E-state index contributed by atoms with van der Waals surface area (Å²) in [5, 5.41) is 10.7. The van der Waals surface area contributed by atoms with Crippen LogP contribution in [0.15, 0.2) is 11.9 Å². The summed E-state index contributed by atoms with van der Waals surface area (Å²) in [6.07, 6.45) is 4.55. The highest BCUT2D eigenvalue weighted by Gasteiger charge is 2.36. The molecule has 0 saturated carbocycles. The number of allylic oxidation sites excluding steroid dienone is 1. The average Bonchev–Trinajstić information content (AvgIpc) is 3.41. The molecule has 1 aliphatic carbocycles. The molecule has 0 radical (unpaired) electrons. The van der Waals surface area contributed by atoms with Gasteiger partial charge in [0.1, 0.15) is 16.2 Å². The summed E-state index contributed by atoms with van der Waals surface area (Å²) in [6, 6.07) is -0.182. The topological polar surface area (TPSA) is 131 Å². The van der Waals surface area contributed by atoms with Gasteiger partial charge in [-0.25, -0.2) is 19.5 Å². The van der Waals surface area contributed by atoms with Crippen LogP contribution in [0.25, 0.3) is 6.08 Å². The summed E-state index contributed by atoms with van der Waals surface area (Å²) >= 11 is 1.05. The van der Waals surface area contributed by atoms with E-state index in [-0.39, 0.29) is 27.8 Å². The fraction of sp³-hybridized carbons (Fsp3) is 0.621. The Hall–Kier alpha value is -3.45. The van der Waals surface area contributed by atoms with Crippen LogP contribution in [-0.4, -0.2) is 75.1 Å². The zero-order valence-corrected chi connectivity index (χ0v) is 26.8. The second kappa shape index (κ2) is 12.0. The minimum absolute atomic E-state index is 0.00659. The van der Waals surface area contributed by atoms with Gasteiger partial charge in [0.25, 0.3) is 5.91 Å². The highest BCUT2D eigenvalue weighted by Crippen LogP contribution is 2.36. The first kappa shape index (κ1) is 31.5. The number of nitrogens with zero attached hydrogens (tertiary/aromatic N) is 5. The van der Waals surface area contributed by atoms with Gasteiger partial charge in [-0.1, -0.05) is 18.3 Å². The van der Waals surface area contributed by atoms with Crippen molar-refractivity contribution in [3.05, 3.63) is 28.8 Å². The monoisotopic (exact) mass is 601 g/mol. The molecule has 230 valence electrons. The lowest BCUT2D eigenvalue weighted by molar-refractivity contribution is 0.0549. The number of piperidine rings is 1. The first-order chi connectivity index (χ1) is 19.5. The SMILES string of the molecule is CC1CC(NC(=O)c2nc(N(C(=O)OC(C)(C)C)C3CCN(C)CC3)sc2NC(=O)OC(C)(C)C)=Cc2cn(C)nc21. The van der Waals surface area contributed by atoms with Gasteiger partial charge >= 0.3 is 12.2 Å². The number of hydrogen-bond donors (Lipinski definition) is 2.